The summed E-state index contributed by atoms with van der Waals surface area (Å²) in [5.74, 6) is -7.98. The number of amides is 8. The van der Waals surface area contributed by atoms with Crippen LogP contribution >= 0.6 is 12.6 Å². The fourth-order valence-corrected chi connectivity index (χ4v) is 7.53. The molecule has 0 unspecified atom stereocenters. The molecule has 0 bridgehead atoms. The molecule has 0 aromatic rings. The number of carbonyl (C=O) groups excluding carboxylic acids is 8. The van der Waals surface area contributed by atoms with Crippen molar-refractivity contribution in [3.63, 3.8) is 0 Å². The zero-order valence-electron chi connectivity index (χ0n) is 41.1. The number of guanidine groups is 1. The van der Waals surface area contributed by atoms with Crippen LogP contribution in [0.1, 0.15) is 120 Å². The van der Waals surface area contributed by atoms with Crippen LogP contribution in [0.2, 0.25) is 0 Å². The molecule has 23 nitrogen and oxygen atoms in total. The summed E-state index contributed by atoms with van der Waals surface area (Å²) in [6.45, 7) is 15.5. The molecule has 0 aromatic heterocycles. The Balaban J connectivity index is 3.30. The molecule has 1 fully saturated rings. The molecule has 0 radical (unpaired) electrons. The molecule has 8 amide bonds. The SMILES string of the molecule is CCCC[C@H](NC(=O)[C@@H](N)C(C)C)C(=O)N[C@@H](C)C(=O)N1CCC[C@H]1C(=O)N[C@@H](CCCN=C(N)N)C(=O)N[C@H](C(=O)N[C@@H](CC(C)C)C(=O)N[C@@H](CS)C(=O)N[C@@H](CC(C)C)C(=O)O)[C@@H](C)O. The number of nitrogens with one attached hydrogen (secondary N) is 7. The topological polar surface area (TPSA) is 372 Å². The summed E-state index contributed by atoms with van der Waals surface area (Å²) >= 11 is 4.17. The van der Waals surface area contributed by atoms with E-state index < -0.39 is 114 Å². The van der Waals surface area contributed by atoms with E-state index in [-0.39, 0.29) is 74.7 Å². The van der Waals surface area contributed by atoms with Gasteiger partial charge in [-0.05, 0) is 76.5 Å². The van der Waals surface area contributed by atoms with Crippen molar-refractivity contribution in [2.45, 2.75) is 181 Å². The Morgan fingerprint density at radius 1 is 0.676 bits per heavy atom. The first-order chi connectivity index (χ1) is 31.7. The number of carboxylic acid groups (broad SMARTS) is 1. The van der Waals surface area contributed by atoms with Gasteiger partial charge in [0, 0.05) is 18.8 Å². The summed E-state index contributed by atoms with van der Waals surface area (Å²) in [7, 11) is 0. The predicted octanol–water partition coefficient (Wildman–Crippen LogP) is -1.89. The maximum absolute atomic E-state index is 14.0. The van der Waals surface area contributed by atoms with E-state index in [4.69, 9.17) is 17.2 Å². The van der Waals surface area contributed by atoms with Gasteiger partial charge in [-0.1, -0.05) is 61.3 Å². The Morgan fingerprint density at radius 2 is 1.18 bits per heavy atom. The first-order valence-electron chi connectivity index (χ1n) is 23.5. The van der Waals surface area contributed by atoms with Crippen molar-refractivity contribution in [2.24, 2.45) is 39.9 Å². The van der Waals surface area contributed by atoms with Crippen LogP contribution in [0.3, 0.4) is 0 Å². The van der Waals surface area contributed by atoms with Gasteiger partial charge in [0.15, 0.2) is 5.96 Å². The molecule has 15 N–H and O–H groups in total. The second kappa shape index (κ2) is 30.3. The molecule has 0 aliphatic carbocycles. The van der Waals surface area contributed by atoms with Crippen LogP contribution in [-0.2, 0) is 43.2 Å². The number of nitrogens with two attached hydrogens (primary N) is 3. The summed E-state index contributed by atoms with van der Waals surface area (Å²) < 4.78 is 0. The molecular formula is C44H80N12O11S. The van der Waals surface area contributed by atoms with Crippen LogP contribution in [0.4, 0.5) is 0 Å². The zero-order valence-corrected chi connectivity index (χ0v) is 42.0. The third kappa shape index (κ3) is 21.0. The molecular weight excluding hydrogens is 905 g/mol. The van der Waals surface area contributed by atoms with Gasteiger partial charge in [-0.2, -0.15) is 12.6 Å². The van der Waals surface area contributed by atoms with E-state index in [0.29, 0.717) is 19.3 Å². The third-order valence-corrected chi connectivity index (χ3v) is 11.6. The van der Waals surface area contributed by atoms with Gasteiger partial charge in [-0.15, -0.1) is 0 Å². The standard InChI is InChI=1S/C44H80N12O11S/c1-10-11-14-27(51-40(63)33(45)24(6)7)35(58)49-25(8)42(65)56-18-13-16-32(56)39(62)50-28(15-12-17-48-44(46)47)36(59)55-34(26(9)57)41(64)52-29(19-22(2)3)37(60)54-31(21-68)38(61)53-30(43(66)67)20-23(4)5/h22-34,57,68H,10-21,45H2,1-9H3,(H,49,58)(H,50,62)(H,51,63)(H,52,64)(H,53,61)(H,54,60)(H,55,59)(H,66,67)(H4,46,47,48)/t25-,26+,27-,28-,29-,30-,31-,32-,33-,34-/m0/s1. The Kier molecular flexibility index (Phi) is 27.1. The Hall–Kier alpha value is -5.23. The smallest absolute Gasteiger partial charge is 0.326 e. The van der Waals surface area contributed by atoms with Gasteiger partial charge in [-0.25, -0.2) is 4.79 Å². The summed E-state index contributed by atoms with van der Waals surface area (Å²) in [4.78, 5) is 125. The number of aliphatic imine (C=N–C) groups is 1. The molecule has 10 atom stereocenters. The highest BCUT2D eigenvalue weighted by Crippen LogP contribution is 2.20. The zero-order chi connectivity index (χ0) is 52.0. The molecule has 0 aromatic carbocycles. The number of hydrogen-bond donors (Lipinski definition) is 13. The number of rotatable bonds is 30. The summed E-state index contributed by atoms with van der Waals surface area (Å²) in [6.07, 6.45) is 1.04. The number of aliphatic hydroxyl groups is 1. The lowest BCUT2D eigenvalue weighted by Gasteiger charge is -2.30. The number of unbranched alkanes of at least 4 members (excludes halogenated alkanes) is 1. The number of nitrogens with zero attached hydrogens (tertiary/aromatic N) is 2. The molecule has 388 valence electrons. The van der Waals surface area contributed by atoms with Gasteiger partial charge < -0.3 is 69.5 Å². The highest BCUT2D eigenvalue weighted by atomic mass is 32.1. The van der Waals surface area contributed by atoms with Crippen LogP contribution in [0.25, 0.3) is 0 Å². The lowest BCUT2D eigenvalue weighted by atomic mass is 10.0. The van der Waals surface area contributed by atoms with E-state index >= 15 is 0 Å². The Morgan fingerprint density at radius 3 is 1.71 bits per heavy atom. The second-order valence-electron chi connectivity index (χ2n) is 18.6. The van der Waals surface area contributed by atoms with E-state index in [2.05, 4.69) is 54.8 Å². The molecule has 24 heteroatoms. The van der Waals surface area contributed by atoms with Crippen molar-refractivity contribution in [1.29, 1.82) is 0 Å². The van der Waals surface area contributed by atoms with E-state index in [1.165, 1.54) is 18.7 Å². The van der Waals surface area contributed by atoms with Crippen molar-refractivity contribution in [3.05, 3.63) is 0 Å². The van der Waals surface area contributed by atoms with Gasteiger partial charge in [0.1, 0.15) is 48.3 Å². The van der Waals surface area contributed by atoms with Crippen LogP contribution in [-0.4, -0.2) is 154 Å². The van der Waals surface area contributed by atoms with Crippen LogP contribution in [0.5, 0.6) is 0 Å². The number of carbonyl (C=O) groups is 9. The number of carboxylic acids is 1. The van der Waals surface area contributed by atoms with Crippen molar-refractivity contribution < 1.29 is 53.4 Å². The van der Waals surface area contributed by atoms with Gasteiger partial charge in [0.2, 0.25) is 47.3 Å². The largest absolute Gasteiger partial charge is 0.480 e. The summed E-state index contributed by atoms with van der Waals surface area (Å²) in [5, 5.41) is 38.4. The maximum atomic E-state index is 14.0. The van der Waals surface area contributed by atoms with Crippen LogP contribution < -0.4 is 54.4 Å². The van der Waals surface area contributed by atoms with E-state index in [1.54, 1.807) is 41.5 Å². The van der Waals surface area contributed by atoms with Crippen molar-refractivity contribution in [1.82, 2.24) is 42.1 Å². The quantitative estimate of drug-likeness (QED) is 0.0162. The molecule has 1 rings (SSSR count). The molecule has 1 aliphatic heterocycles. The minimum atomic E-state index is -1.67. The number of thiol groups is 1. The van der Waals surface area contributed by atoms with E-state index in [9.17, 15) is 53.4 Å². The fourth-order valence-electron chi connectivity index (χ4n) is 7.27. The highest BCUT2D eigenvalue weighted by Gasteiger charge is 2.40. The van der Waals surface area contributed by atoms with E-state index in [1.807, 2.05) is 6.92 Å². The summed E-state index contributed by atoms with van der Waals surface area (Å²) in [6, 6.07) is -10.8. The average molecular weight is 985 g/mol. The highest BCUT2D eigenvalue weighted by molar-refractivity contribution is 7.80. The average Bonchev–Trinajstić information content (AvgIpc) is 3.75. The lowest BCUT2D eigenvalue weighted by Crippen LogP contribution is -2.62. The Labute approximate surface area is 405 Å². The monoisotopic (exact) mass is 985 g/mol. The molecule has 68 heavy (non-hydrogen) atoms. The molecule has 1 heterocycles. The van der Waals surface area contributed by atoms with Gasteiger partial charge in [-0.3, -0.25) is 43.3 Å². The van der Waals surface area contributed by atoms with Gasteiger partial charge >= 0.3 is 5.97 Å². The number of aliphatic hydroxyl groups excluding tert-OH is 1. The van der Waals surface area contributed by atoms with Crippen LogP contribution in [0, 0.1) is 17.8 Å². The molecule has 1 aliphatic rings. The van der Waals surface area contributed by atoms with Crippen LogP contribution in [0.15, 0.2) is 4.99 Å². The molecule has 0 spiro atoms. The van der Waals surface area contributed by atoms with Gasteiger partial charge in [0.05, 0.1) is 12.1 Å². The van der Waals surface area contributed by atoms with Crippen molar-refractivity contribution >= 4 is 71.8 Å². The lowest BCUT2D eigenvalue weighted by molar-refractivity contribution is -0.142. The number of aliphatic carboxylic acids is 1. The second-order valence-corrected chi connectivity index (χ2v) is 19.0. The number of hydrogen-bond acceptors (Lipinski definition) is 13. The van der Waals surface area contributed by atoms with Crippen molar-refractivity contribution in [2.75, 3.05) is 18.8 Å². The summed E-state index contributed by atoms with van der Waals surface area (Å²) in [5.41, 5.74) is 17.0. The van der Waals surface area contributed by atoms with Gasteiger partial charge in [0.25, 0.3) is 0 Å². The van der Waals surface area contributed by atoms with Crippen molar-refractivity contribution in [3.8, 4) is 0 Å². The fraction of sp³-hybridized carbons (Fsp3) is 0.773. The molecule has 1 saturated heterocycles. The predicted molar refractivity (Wildman–Crippen MR) is 258 cm³/mol. The maximum Gasteiger partial charge on any atom is 0.326 e. The normalized spacial score (nSPS) is 17.6. The minimum Gasteiger partial charge on any atom is -0.480 e. The first kappa shape index (κ1) is 60.8. The minimum absolute atomic E-state index is 0.0510. The third-order valence-electron chi connectivity index (χ3n) is 11.2. The first-order valence-corrected chi connectivity index (χ1v) is 24.1. The Bertz CT molecular complexity index is 1750. The molecule has 0 saturated carbocycles. The number of likely N-dealkylation sites (tertiary alicyclic amines) is 1. The van der Waals surface area contributed by atoms with E-state index in [0.717, 1.165) is 6.42 Å².